The van der Waals surface area contributed by atoms with Crippen LogP contribution in [-0.2, 0) is 14.4 Å². The lowest BCUT2D eigenvalue weighted by atomic mass is 9.52. The van der Waals surface area contributed by atoms with E-state index < -0.39 is 34.3 Å². The number of unbranched alkanes of at least 4 members (excludes halogenated alkanes) is 3. The number of rotatable bonds is 15. The van der Waals surface area contributed by atoms with Gasteiger partial charge in [-0.1, -0.05) is 66.2 Å². The van der Waals surface area contributed by atoms with Crippen molar-refractivity contribution in [1.82, 2.24) is 0 Å². The molecule has 7 heteroatoms. The molecule has 0 saturated carbocycles. The third-order valence-corrected chi connectivity index (χ3v) is 5.99. The largest absolute Gasteiger partial charge is 0.481 e. The number of hydrogen-bond donors (Lipinski definition) is 4. The number of carboxylic acids is 3. The average Bonchev–Trinajstić information content (AvgIpc) is 2.62. The Morgan fingerprint density at radius 2 is 0.963 bits per heavy atom. The minimum absolute atomic E-state index is 0.0806. The molecule has 7 nitrogen and oxygen atoms in total. The summed E-state index contributed by atoms with van der Waals surface area (Å²) in [5.41, 5.74) is -7.05. The summed E-state index contributed by atoms with van der Waals surface area (Å²) in [4.78, 5) is 37.1. The molecule has 0 aromatic heterocycles. The fourth-order valence-corrected chi connectivity index (χ4v) is 4.18. The molecule has 0 aromatic rings. The van der Waals surface area contributed by atoms with Gasteiger partial charge in [0.05, 0.1) is 0 Å². The fraction of sp³-hybridized carbons (Fsp3) is 0.850. The maximum Gasteiger partial charge on any atom is 0.338 e. The summed E-state index contributed by atoms with van der Waals surface area (Å²) in [6.07, 6.45) is 2.56. The van der Waals surface area contributed by atoms with E-state index in [-0.39, 0.29) is 25.7 Å². The first-order valence-electron chi connectivity index (χ1n) is 10.00. The van der Waals surface area contributed by atoms with E-state index in [2.05, 4.69) is 0 Å². The van der Waals surface area contributed by atoms with Gasteiger partial charge in [-0.2, -0.15) is 0 Å². The van der Waals surface area contributed by atoms with E-state index in [1.54, 1.807) is 0 Å². The lowest BCUT2D eigenvalue weighted by molar-refractivity contribution is -0.226. The summed E-state index contributed by atoms with van der Waals surface area (Å²) >= 11 is 0. The second kappa shape index (κ2) is 10.6. The number of aliphatic carboxylic acids is 3. The quantitative estimate of drug-likeness (QED) is 0.334. The van der Waals surface area contributed by atoms with Crippen LogP contribution in [0.2, 0.25) is 0 Å². The minimum atomic E-state index is -2.91. The molecule has 0 saturated heterocycles. The fourth-order valence-electron chi connectivity index (χ4n) is 4.18. The van der Waals surface area contributed by atoms with Gasteiger partial charge in [0.15, 0.2) is 5.60 Å². The van der Waals surface area contributed by atoms with Crippen LogP contribution in [0, 0.1) is 10.8 Å². The van der Waals surface area contributed by atoms with E-state index in [1.807, 2.05) is 20.8 Å². The van der Waals surface area contributed by atoms with Crippen LogP contribution in [0.4, 0.5) is 0 Å². The Kier molecular flexibility index (Phi) is 10.00. The minimum Gasteiger partial charge on any atom is -0.481 e. The highest BCUT2D eigenvalue weighted by Crippen LogP contribution is 2.55. The Bertz CT molecular complexity index is 508. The third-order valence-electron chi connectivity index (χ3n) is 5.99. The van der Waals surface area contributed by atoms with Gasteiger partial charge in [-0.15, -0.1) is 0 Å². The first kappa shape index (κ1) is 25.4. The highest BCUT2D eigenvalue weighted by molar-refractivity contribution is 5.95. The highest BCUT2D eigenvalue weighted by atomic mass is 16.4. The van der Waals surface area contributed by atoms with Gasteiger partial charge in [0, 0.05) is 0 Å². The standard InChI is InChI=1S/C20H36O7/c1-5-9-12-18(8-4,15(21)22)20(27,17(25)26)19(16(23)24,13-10-6-2)14-11-7-3/h27H,5-14H2,1-4H3,(H,21,22)(H,23,24)(H,25,26). The molecule has 0 heterocycles. The van der Waals surface area contributed by atoms with Gasteiger partial charge in [0.1, 0.15) is 10.8 Å². The molecule has 0 radical (unpaired) electrons. The first-order chi connectivity index (χ1) is 12.6. The molecule has 0 rings (SSSR count). The normalized spacial score (nSPS) is 16.3. The van der Waals surface area contributed by atoms with Crippen molar-refractivity contribution < 1.29 is 34.8 Å². The predicted molar refractivity (Wildman–Crippen MR) is 102 cm³/mol. The molecule has 0 aliphatic heterocycles. The molecule has 0 aromatic carbocycles. The zero-order valence-electron chi connectivity index (χ0n) is 17.1. The van der Waals surface area contributed by atoms with E-state index in [4.69, 9.17) is 0 Å². The second-order valence-electron chi connectivity index (χ2n) is 7.45. The van der Waals surface area contributed by atoms with Crippen molar-refractivity contribution >= 4 is 17.9 Å². The van der Waals surface area contributed by atoms with Crippen molar-refractivity contribution in [2.45, 2.75) is 97.5 Å². The third kappa shape index (κ3) is 4.45. The molecular weight excluding hydrogens is 352 g/mol. The van der Waals surface area contributed by atoms with Crippen LogP contribution in [0.1, 0.15) is 91.9 Å². The first-order valence-corrected chi connectivity index (χ1v) is 10.00. The lowest BCUT2D eigenvalue weighted by Crippen LogP contribution is -2.69. The van der Waals surface area contributed by atoms with Crippen LogP contribution < -0.4 is 0 Å². The van der Waals surface area contributed by atoms with Gasteiger partial charge in [0.25, 0.3) is 0 Å². The van der Waals surface area contributed by atoms with Gasteiger partial charge in [-0.05, 0) is 25.7 Å². The van der Waals surface area contributed by atoms with Crippen LogP contribution in [0.25, 0.3) is 0 Å². The molecule has 27 heavy (non-hydrogen) atoms. The van der Waals surface area contributed by atoms with Crippen LogP contribution in [0.5, 0.6) is 0 Å². The van der Waals surface area contributed by atoms with Crippen LogP contribution >= 0.6 is 0 Å². The topological polar surface area (TPSA) is 132 Å². The SMILES string of the molecule is CCCCC(CC)(C(=O)O)C(O)(C(=O)O)C(CCCC)(CCCC)C(=O)O. The van der Waals surface area contributed by atoms with Crippen molar-refractivity contribution in [3.63, 3.8) is 0 Å². The van der Waals surface area contributed by atoms with Crippen molar-refractivity contribution in [3.05, 3.63) is 0 Å². The van der Waals surface area contributed by atoms with Crippen molar-refractivity contribution in [2.24, 2.45) is 10.8 Å². The van der Waals surface area contributed by atoms with Crippen LogP contribution in [0.15, 0.2) is 0 Å². The summed E-state index contributed by atoms with van der Waals surface area (Å²) in [5, 5.41) is 41.7. The Morgan fingerprint density at radius 3 is 1.19 bits per heavy atom. The molecule has 0 aliphatic carbocycles. The molecular formula is C20H36O7. The van der Waals surface area contributed by atoms with Crippen LogP contribution in [0.3, 0.4) is 0 Å². The van der Waals surface area contributed by atoms with Crippen molar-refractivity contribution in [2.75, 3.05) is 0 Å². The second-order valence-corrected chi connectivity index (χ2v) is 7.45. The van der Waals surface area contributed by atoms with Gasteiger partial charge >= 0.3 is 17.9 Å². The molecule has 0 spiro atoms. The van der Waals surface area contributed by atoms with E-state index in [1.165, 1.54) is 6.92 Å². The number of carbonyl (C=O) groups is 3. The van der Waals surface area contributed by atoms with E-state index in [0.29, 0.717) is 38.5 Å². The number of carboxylic acid groups (broad SMARTS) is 3. The Labute approximate surface area is 161 Å². The smallest absolute Gasteiger partial charge is 0.338 e. The molecule has 4 N–H and O–H groups in total. The number of aliphatic hydroxyl groups is 1. The molecule has 2 unspecified atom stereocenters. The van der Waals surface area contributed by atoms with E-state index in [0.717, 1.165) is 0 Å². The van der Waals surface area contributed by atoms with Gasteiger partial charge < -0.3 is 20.4 Å². The van der Waals surface area contributed by atoms with Crippen molar-refractivity contribution in [1.29, 1.82) is 0 Å². The monoisotopic (exact) mass is 388 g/mol. The van der Waals surface area contributed by atoms with E-state index >= 15 is 0 Å². The van der Waals surface area contributed by atoms with Crippen LogP contribution in [-0.4, -0.2) is 43.9 Å². The zero-order chi connectivity index (χ0) is 21.3. The summed E-state index contributed by atoms with van der Waals surface area (Å²) in [5.74, 6) is -4.66. The molecule has 0 amide bonds. The molecule has 158 valence electrons. The Balaban J connectivity index is 6.89. The maximum atomic E-state index is 12.4. The molecule has 0 bridgehead atoms. The Hall–Kier alpha value is -1.63. The van der Waals surface area contributed by atoms with Gasteiger partial charge in [-0.25, -0.2) is 4.79 Å². The summed E-state index contributed by atoms with van der Waals surface area (Å²) < 4.78 is 0. The zero-order valence-corrected chi connectivity index (χ0v) is 17.1. The maximum absolute atomic E-state index is 12.4. The average molecular weight is 389 g/mol. The molecule has 0 fully saturated rings. The predicted octanol–water partition coefficient (Wildman–Crippen LogP) is 3.92. The summed E-state index contributed by atoms with van der Waals surface area (Å²) in [6, 6.07) is 0. The summed E-state index contributed by atoms with van der Waals surface area (Å²) in [7, 11) is 0. The molecule has 0 aliphatic rings. The Morgan fingerprint density at radius 1 is 0.630 bits per heavy atom. The molecule has 2 atom stereocenters. The highest BCUT2D eigenvalue weighted by Gasteiger charge is 2.71. The summed E-state index contributed by atoms with van der Waals surface area (Å²) in [6.45, 7) is 7.02. The van der Waals surface area contributed by atoms with Crippen molar-refractivity contribution in [3.8, 4) is 0 Å². The lowest BCUT2D eigenvalue weighted by Gasteiger charge is -2.51. The number of hydrogen-bond acceptors (Lipinski definition) is 4. The van der Waals surface area contributed by atoms with E-state index in [9.17, 15) is 34.8 Å². The van der Waals surface area contributed by atoms with Gasteiger partial charge in [-0.3, -0.25) is 9.59 Å². The van der Waals surface area contributed by atoms with Gasteiger partial charge in [0.2, 0.25) is 0 Å².